The highest BCUT2D eigenvalue weighted by Crippen LogP contribution is 2.32. The molecule has 1 saturated heterocycles. The third-order valence-corrected chi connectivity index (χ3v) is 5.56. The maximum absolute atomic E-state index is 14.2. The minimum Gasteiger partial charge on any atom is -0.482 e. The predicted octanol–water partition coefficient (Wildman–Crippen LogP) is 2.03. The number of nitrogens with one attached hydrogen (secondary N) is 1. The number of nitrogens with zero attached hydrogens (tertiary/aromatic N) is 2. The molecule has 0 aromatic heterocycles. The number of likely N-dealkylation sites (tertiary alicyclic amines) is 1. The summed E-state index contributed by atoms with van der Waals surface area (Å²) in [4.78, 5) is 40.3. The van der Waals surface area contributed by atoms with Gasteiger partial charge in [-0.2, -0.15) is 0 Å². The van der Waals surface area contributed by atoms with Crippen LogP contribution < -0.4 is 15.0 Å². The van der Waals surface area contributed by atoms with Gasteiger partial charge in [-0.05, 0) is 49.2 Å². The molecule has 3 amide bonds. The summed E-state index contributed by atoms with van der Waals surface area (Å²) < 4.78 is 19.5. The monoisotopic (exact) mass is 427 g/mol. The molecule has 0 radical (unpaired) electrons. The Kier molecular flexibility index (Phi) is 5.60. The van der Waals surface area contributed by atoms with Gasteiger partial charge in [-0.3, -0.25) is 14.4 Å². The number of anilines is 2. The summed E-state index contributed by atoms with van der Waals surface area (Å²) in [6.07, 6.45) is 1.47. The van der Waals surface area contributed by atoms with Crippen LogP contribution in [0.1, 0.15) is 33.6 Å². The van der Waals surface area contributed by atoms with E-state index in [0.717, 1.165) is 18.6 Å². The number of fused-ring (bicyclic) bond motifs is 1. The number of carbonyl (C=O) groups is 3. The number of benzene rings is 2. The molecule has 2 aliphatic rings. The standard InChI is InChI=1S/C22H22FN3O5/c1-25-18-9-13(4-5-19(18)31-12-20(25)28)21(29)24-16-8-14(7-15(23)10-16)22(30)26-6-2-3-17(26)11-27/h4-5,7-10,17,27H,2-3,6,11-12H2,1H3,(H,24,29)/t17-/m1/s1. The van der Waals surface area contributed by atoms with Crippen molar-refractivity contribution in [3.8, 4) is 5.75 Å². The molecule has 162 valence electrons. The van der Waals surface area contributed by atoms with Crippen molar-refractivity contribution in [3.05, 3.63) is 53.3 Å². The molecule has 0 spiro atoms. The van der Waals surface area contributed by atoms with Crippen LogP contribution in [0.3, 0.4) is 0 Å². The first-order chi connectivity index (χ1) is 14.9. The van der Waals surface area contributed by atoms with Gasteiger partial charge in [0.05, 0.1) is 18.3 Å². The number of rotatable bonds is 4. The van der Waals surface area contributed by atoms with Gasteiger partial charge in [-0.25, -0.2) is 4.39 Å². The van der Waals surface area contributed by atoms with Crippen LogP contribution in [0, 0.1) is 5.82 Å². The van der Waals surface area contributed by atoms with Crippen LogP contribution >= 0.6 is 0 Å². The number of hydrogen-bond acceptors (Lipinski definition) is 5. The van der Waals surface area contributed by atoms with Crippen molar-refractivity contribution < 1.29 is 28.6 Å². The molecule has 8 nitrogen and oxygen atoms in total. The summed E-state index contributed by atoms with van der Waals surface area (Å²) >= 11 is 0. The minimum atomic E-state index is -0.662. The molecule has 1 atom stereocenters. The highest BCUT2D eigenvalue weighted by molar-refractivity contribution is 6.07. The van der Waals surface area contributed by atoms with Crippen molar-refractivity contribution in [1.29, 1.82) is 0 Å². The van der Waals surface area contributed by atoms with Gasteiger partial charge in [-0.1, -0.05) is 0 Å². The average Bonchev–Trinajstić information content (AvgIpc) is 3.24. The van der Waals surface area contributed by atoms with E-state index in [0.29, 0.717) is 24.4 Å². The van der Waals surface area contributed by atoms with Gasteiger partial charge in [0, 0.05) is 30.4 Å². The zero-order chi connectivity index (χ0) is 22.1. The van der Waals surface area contributed by atoms with E-state index in [4.69, 9.17) is 4.74 Å². The van der Waals surface area contributed by atoms with Crippen molar-refractivity contribution in [2.75, 3.05) is 37.0 Å². The Balaban J connectivity index is 1.55. The minimum absolute atomic E-state index is 0.0662. The van der Waals surface area contributed by atoms with Crippen LogP contribution in [0.25, 0.3) is 0 Å². The summed E-state index contributed by atoms with van der Waals surface area (Å²) in [6.45, 7) is 0.276. The number of aliphatic hydroxyl groups is 1. The van der Waals surface area contributed by atoms with E-state index in [1.807, 2.05) is 0 Å². The van der Waals surface area contributed by atoms with Crippen molar-refractivity contribution in [3.63, 3.8) is 0 Å². The second-order valence-corrected chi connectivity index (χ2v) is 7.58. The highest BCUT2D eigenvalue weighted by atomic mass is 19.1. The Morgan fingerprint density at radius 2 is 2.03 bits per heavy atom. The first-order valence-corrected chi connectivity index (χ1v) is 9.94. The summed E-state index contributed by atoms with van der Waals surface area (Å²) in [5.74, 6) is -1.32. The van der Waals surface area contributed by atoms with Gasteiger partial charge in [0.2, 0.25) is 0 Å². The number of likely N-dealkylation sites (N-methyl/N-ethyl adjacent to an activating group) is 1. The number of aliphatic hydroxyl groups excluding tert-OH is 1. The molecule has 0 saturated carbocycles. The van der Waals surface area contributed by atoms with E-state index in [1.165, 1.54) is 21.9 Å². The quantitative estimate of drug-likeness (QED) is 0.778. The first-order valence-electron chi connectivity index (χ1n) is 9.94. The van der Waals surface area contributed by atoms with Crippen LogP contribution in [0.15, 0.2) is 36.4 Å². The summed E-state index contributed by atoms with van der Waals surface area (Å²) in [5.41, 5.74) is 0.940. The van der Waals surface area contributed by atoms with Gasteiger partial charge >= 0.3 is 0 Å². The van der Waals surface area contributed by atoms with E-state index < -0.39 is 17.6 Å². The third kappa shape index (κ3) is 4.09. The second-order valence-electron chi connectivity index (χ2n) is 7.58. The number of hydrogen-bond donors (Lipinski definition) is 2. The molecule has 0 unspecified atom stereocenters. The Morgan fingerprint density at radius 1 is 1.23 bits per heavy atom. The lowest BCUT2D eigenvalue weighted by Gasteiger charge is -2.26. The summed E-state index contributed by atoms with van der Waals surface area (Å²) in [5, 5.41) is 12.0. The Morgan fingerprint density at radius 3 is 2.81 bits per heavy atom. The smallest absolute Gasteiger partial charge is 0.264 e. The zero-order valence-corrected chi connectivity index (χ0v) is 16.9. The Labute approximate surface area is 178 Å². The lowest BCUT2D eigenvalue weighted by molar-refractivity contribution is -0.120. The fourth-order valence-corrected chi connectivity index (χ4v) is 3.86. The summed E-state index contributed by atoms with van der Waals surface area (Å²) in [7, 11) is 1.59. The van der Waals surface area contributed by atoms with E-state index >= 15 is 0 Å². The number of ether oxygens (including phenoxy) is 1. The number of amides is 3. The molecular weight excluding hydrogens is 405 g/mol. The lowest BCUT2D eigenvalue weighted by Crippen LogP contribution is -2.37. The fourth-order valence-electron chi connectivity index (χ4n) is 3.86. The van der Waals surface area contributed by atoms with E-state index in [1.54, 1.807) is 19.2 Å². The largest absolute Gasteiger partial charge is 0.482 e. The third-order valence-electron chi connectivity index (χ3n) is 5.56. The van der Waals surface area contributed by atoms with Crippen molar-refractivity contribution in [2.45, 2.75) is 18.9 Å². The molecule has 2 aromatic carbocycles. The van der Waals surface area contributed by atoms with Crippen molar-refractivity contribution >= 4 is 29.1 Å². The van der Waals surface area contributed by atoms with Crippen LogP contribution in [0.4, 0.5) is 15.8 Å². The number of carbonyl (C=O) groups excluding carboxylic acids is 3. The topological polar surface area (TPSA) is 99.2 Å². The summed E-state index contributed by atoms with van der Waals surface area (Å²) in [6, 6.07) is 8.01. The molecule has 2 aromatic rings. The molecule has 31 heavy (non-hydrogen) atoms. The molecule has 2 aliphatic heterocycles. The van der Waals surface area contributed by atoms with E-state index in [2.05, 4.69) is 5.32 Å². The van der Waals surface area contributed by atoms with E-state index in [9.17, 15) is 23.9 Å². The van der Waals surface area contributed by atoms with Crippen LogP contribution in [0.2, 0.25) is 0 Å². The SMILES string of the molecule is CN1C(=O)COc2ccc(C(=O)Nc3cc(F)cc(C(=O)N4CCC[C@@H]4CO)c3)cc21. The van der Waals surface area contributed by atoms with Gasteiger partial charge in [0.15, 0.2) is 6.61 Å². The molecule has 1 fully saturated rings. The molecule has 9 heteroatoms. The predicted molar refractivity (Wildman–Crippen MR) is 111 cm³/mol. The second kappa shape index (κ2) is 8.35. The van der Waals surface area contributed by atoms with Crippen LogP contribution in [0.5, 0.6) is 5.75 Å². The normalized spacial score (nSPS) is 17.9. The molecule has 4 rings (SSSR count). The maximum Gasteiger partial charge on any atom is 0.264 e. The highest BCUT2D eigenvalue weighted by Gasteiger charge is 2.29. The average molecular weight is 427 g/mol. The van der Waals surface area contributed by atoms with Crippen molar-refractivity contribution in [1.82, 2.24) is 4.90 Å². The molecule has 0 bridgehead atoms. The van der Waals surface area contributed by atoms with Gasteiger partial charge < -0.3 is 25.0 Å². The number of halogens is 1. The van der Waals surface area contributed by atoms with E-state index in [-0.39, 0.29) is 42.0 Å². The molecular formula is C22H22FN3O5. The lowest BCUT2D eigenvalue weighted by atomic mass is 10.1. The molecule has 2 N–H and O–H groups in total. The van der Waals surface area contributed by atoms with Gasteiger partial charge in [0.25, 0.3) is 17.7 Å². The first kappa shape index (κ1) is 20.8. The fraction of sp³-hybridized carbons (Fsp3) is 0.318. The van der Waals surface area contributed by atoms with Crippen molar-refractivity contribution in [2.24, 2.45) is 0 Å². The van der Waals surface area contributed by atoms with Crippen LogP contribution in [-0.2, 0) is 4.79 Å². The van der Waals surface area contributed by atoms with Gasteiger partial charge in [-0.15, -0.1) is 0 Å². The Hall–Kier alpha value is -3.46. The zero-order valence-electron chi connectivity index (χ0n) is 16.9. The molecule has 0 aliphatic carbocycles. The maximum atomic E-state index is 14.2. The molecule has 2 heterocycles. The van der Waals surface area contributed by atoms with Gasteiger partial charge in [0.1, 0.15) is 11.6 Å². The van der Waals surface area contributed by atoms with Crippen LogP contribution in [-0.4, -0.2) is 60.6 Å². The Bertz CT molecular complexity index is 1060.